The summed E-state index contributed by atoms with van der Waals surface area (Å²) in [6.45, 7) is 1.49. The quantitative estimate of drug-likeness (QED) is 0.499. The van der Waals surface area contributed by atoms with Crippen LogP contribution in [0.2, 0.25) is 0 Å². The van der Waals surface area contributed by atoms with Crippen molar-refractivity contribution < 1.29 is 0 Å². The van der Waals surface area contributed by atoms with E-state index in [1.54, 1.807) is 0 Å². The van der Waals surface area contributed by atoms with Gasteiger partial charge in [0.2, 0.25) is 5.95 Å². The lowest BCUT2D eigenvalue weighted by Crippen LogP contribution is -2.21. The molecule has 0 spiro atoms. The Labute approximate surface area is 175 Å². The van der Waals surface area contributed by atoms with Crippen molar-refractivity contribution in [3.63, 3.8) is 0 Å². The summed E-state index contributed by atoms with van der Waals surface area (Å²) in [7, 11) is 0. The highest BCUT2D eigenvalue weighted by Gasteiger charge is 2.23. The van der Waals surface area contributed by atoms with E-state index in [-0.39, 0.29) is 0 Å². The first-order valence-electron chi connectivity index (χ1n) is 9.83. The third-order valence-electron chi connectivity index (χ3n) is 5.19. The van der Waals surface area contributed by atoms with Gasteiger partial charge in [0.1, 0.15) is 5.82 Å². The van der Waals surface area contributed by atoms with Crippen molar-refractivity contribution in [2.24, 2.45) is 5.92 Å². The molecule has 0 aliphatic heterocycles. The molecule has 0 radical (unpaired) electrons. The molecule has 4 nitrogen and oxygen atoms in total. The number of hydrogen-bond donors (Lipinski definition) is 2. The zero-order chi connectivity index (χ0) is 19.2. The highest BCUT2D eigenvalue weighted by atomic mass is 79.9. The summed E-state index contributed by atoms with van der Waals surface area (Å²) in [5, 5.41) is 8.00. The van der Waals surface area contributed by atoms with Crippen molar-refractivity contribution in [1.82, 2.24) is 9.97 Å². The van der Waals surface area contributed by atoms with Crippen molar-refractivity contribution >= 4 is 27.7 Å². The summed E-state index contributed by atoms with van der Waals surface area (Å²) in [6, 6.07) is 20.8. The zero-order valence-corrected chi connectivity index (χ0v) is 17.5. The summed E-state index contributed by atoms with van der Waals surface area (Å²) in [5.41, 5.74) is 4.93. The minimum atomic E-state index is 0.650. The summed E-state index contributed by atoms with van der Waals surface area (Å²) < 4.78 is 0. The molecule has 0 amide bonds. The van der Waals surface area contributed by atoms with Gasteiger partial charge in [0.15, 0.2) is 0 Å². The summed E-state index contributed by atoms with van der Waals surface area (Å²) in [6.07, 6.45) is 3.20. The van der Waals surface area contributed by atoms with Crippen LogP contribution in [0.4, 0.5) is 11.8 Å². The largest absolute Gasteiger partial charge is 0.366 e. The topological polar surface area (TPSA) is 49.8 Å². The van der Waals surface area contributed by atoms with Gasteiger partial charge in [-0.3, -0.25) is 0 Å². The Morgan fingerprint density at radius 1 is 0.857 bits per heavy atom. The molecule has 1 aromatic heterocycles. The second-order valence-electron chi connectivity index (χ2n) is 7.26. The first kappa shape index (κ1) is 18.9. The third kappa shape index (κ3) is 4.71. The molecule has 1 unspecified atom stereocenters. The molecular weight excluding hydrogens is 412 g/mol. The SMILES string of the molecule is BrCC1CCc2nc(NCc3ccccc3)nc(NCc3ccccc3)c2C1. The first-order chi connectivity index (χ1) is 13.8. The van der Waals surface area contributed by atoms with Gasteiger partial charge in [-0.1, -0.05) is 76.6 Å². The van der Waals surface area contributed by atoms with Crippen molar-refractivity contribution in [2.75, 3.05) is 16.0 Å². The molecular formula is C23H25BrN4. The summed E-state index contributed by atoms with van der Waals surface area (Å²) >= 11 is 3.65. The van der Waals surface area contributed by atoms with Crippen LogP contribution in [0, 0.1) is 5.92 Å². The Hall–Kier alpha value is -2.40. The number of aryl methyl sites for hydroxylation is 1. The zero-order valence-electron chi connectivity index (χ0n) is 15.9. The van der Waals surface area contributed by atoms with Crippen molar-refractivity contribution in [1.29, 1.82) is 0 Å². The maximum atomic E-state index is 4.84. The lowest BCUT2D eigenvalue weighted by atomic mass is 9.88. The van der Waals surface area contributed by atoms with Crippen LogP contribution in [0.1, 0.15) is 28.8 Å². The average Bonchev–Trinajstić information content (AvgIpc) is 2.77. The van der Waals surface area contributed by atoms with Gasteiger partial charge in [-0.15, -0.1) is 0 Å². The number of aromatic nitrogens is 2. The molecule has 0 bridgehead atoms. The smallest absolute Gasteiger partial charge is 0.225 e. The van der Waals surface area contributed by atoms with Gasteiger partial charge in [-0.05, 0) is 36.3 Å². The molecule has 1 heterocycles. The van der Waals surface area contributed by atoms with Gasteiger partial charge < -0.3 is 10.6 Å². The molecule has 1 atom stereocenters. The Kier molecular flexibility index (Phi) is 6.22. The molecule has 1 aliphatic carbocycles. The van der Waals surface area contributed by atoms with E-state index in [0.29, 0.717) is 11.9 Å². The normalized spacial score (nSPS) is 15.7. The Bertz CT molecular complexity index is 899. The molecule has 3 aromatic rings. The number of halogens is 1. The summed E-state index contributed by atoms with van der Waals surface area (Å²) in [5.74, 6) is 2.32. The minimum absolute atomic E-state index is 0.650. The lowest BCUT2D eigenvalue weighted by Gasteiger charge is -2.25. The van der Waals surface area contributed by atoms with Crippen LogP contribution in [0.25, 0.3) is 0 Å². The Morgan fingerprint density at radius 2 is 1.50 bits per heavy atom. The van der Waals surface area contributed by atoms with E-state index >= 15 is 0 Å². The highest BCUT2D eigenvalue weighted by Crippen LogP contribution is 2.31. The third-order valence-corrected chi connectivity index (χ3v) is 6.11. The first-order valence-corrected chi connectivity index (χ1v) is 11.0. The number of anilines is 2. The van der Waals surface area contributed by atoms with Crippen LogP contribution in [-0.4, -0.2) is 15.3 Å². The van der Waals surface area contributed by atoms with Gasteiger partial charge in [0.25, 0.3) is 0 Å². The fourth-order valence-corrected chi connectivity index (χ4v) is 4.15. The van der Waals surface area contributed by atoms with Crippen LogP contribution in [0.5, 0.6) is 0 Å². The number of benzene rings is 2. The number of nitrogens with one attached hydrogen (secondary N) is 2. The average molecular weight is 437 g/mol. The lowest BCUT2D eigenvalue weighted by molar-refractivity contribution is 0.504. The molecule has 4 rings (SSSR count). The maximum Gasteiger partial charge on any atom is 0.225 e. The van der Waals surface area contributed by atoms with Crippen LogP contribution < -0.4 is 10.6 Å². The molecule has 2 aromatic carbocycles. The fourth-order valence-electron chi connectivity index (χ4n) is 3.60. The van der Waals surface area contributed by atoms with Gasteiger partial charge in [0, 0.05) is 24.0 Å². The van der Waals surface area contributed by atoms with E-state index in [9.17, 15) is 0 Å². The monoisotopic (exact) mass is 436 g/mol. The number of rotatable bonds is 7. The van der Waals surface area contributed by atoms with Crippen molar-refractivity contribution in [3.05, 3.63) is 83.0 Å². The van der Waals surface area contributed by atoms with E-state index in [4.69, 9.17) is 9.97 Å². The molecule has 28 heavy (non-hydrogen) atoms. The number of nitrogens with zero attached hydrogens (tertiary/aromatic N) is 2. The van der Waals surface area contributed by atoms with Crippen molar-refractivity contribution in [2.45, 2.75) is 32.4 Å². The van der Waals surface area contributed by atoms with E-state index in [1.165, 1.54) is 28.8 Å². The van der Waals surface area contributed by atoms with Gasteiger partial charge in [-0.2, -0.15) is 4.98 Å². The molecule has 0 fully saturated rings. The second kappa shape index (κ2) is 9.20. The predicted molar refractivity (Wildman–Crippen MR) is 119 cm³/mol. The van der Waals surface area contributed by atoms with E-state index in [1.807, 2.05) is 12.1 Å². The standard InChI is InChI=1S/C23H25BrN4/c24-14-19-11-12-21-20(13-19)22(25-15-17-7-3-1-4-8-17)28-23(27-21)26-16-18-9-5-2-6-10-18/h1-10,19H,11-16H2,(H2,25,26,27,28). The maximum absolute atomic E-state index is 4.84. The molecule has 5 heteroatoms. The van der Waals surface area contributed by atoms with Crippen LogP contribution in [-0.2, 0) is 25.9 Å². The van der Waals surface area contributed by atoms with Gasteiger partial charge >= 0.3 is 0 Å². The van der Waals surface area contributed by atoms with Gasteiger partial charge in [-0.25, -0.2) is 4.98 Å². The van der Waals surface area contributed by atoms with Crippen LogP contribution in [0.3, 0.4) is 0 Å². The second-order valence-corrected chi connectivity index (χ2v) is 7.91. The Balaban J connectivity index is 1.56. The fraction of sp³-hybridized carbons (Fsp3) is 0.304. The van der Waals surface area contributed by atoms with E-state index < -0.39 is 0 Å². The minimum Gasteiger partial charge on any atom is -0.366 e. The van der Waals surface area contributed by atoms with E-state index in [0.717, 1.165) is 37.1 Å². The van der Waals surface area contributed by atoms with Crippen molar-refractivity contribution in [3.8, 4) is 0 Å². The number of hydrogen-bond acceptors (Lipinski definition) is 4. The van der Waals surface area contributed by atoms with Crippen LogP contribution >= 0.6 is 15.9 Å². The molecule has 1 aliphatic rings. The highest BCUT2D eigenvalue weighted by molar-refractivity contribution is 9.09. The molecule has 144 valence electrons. The van der Waals surface area contributed by atoms with Gasteiger partial charge in [0.05, 0.1) is 5.69 Å². The van der Waals surface area contributed by atoms with Crippen LogP contribution in [0.15, 0.2) is 60.7 Å². The number of fused-ring (bicyclic) bond motifs is 1. The predicted octanol–water partition coefficient (Wildman–Crippen LogP) is 5.20. The van der Waals surface area contributed by atoms with E-state index in [2.05, 4.69) is 75.1 Å². The number of alkyl halides is 1. The molecule has 0 saturated heterocycles. The summed E-state index contributed by atoms with van der Waals surface area (Å²) in [4.78, 5) is 9.67. The molecule has 0 saturated carbocycles. The molecule has 2 N–H and O–H groups in total. The Morgan fingerprint density at radius 3 is 2.14 bits per heavy atom.